The van der Waals surface area contributed by atoms with E-state index in [-0.39, 0.29) is 11.1 Å². The molecule has 0 N–H and O–H groups in total. The Bertz CT molecular complexity index is 627. The second-order valence-corrected chi connectivity index (χ2v) is 6.14. The molecule has 2 rings (SSSR count). The van der Waals surface area contributed by atoms with E-state index in [2.05, 4.69) is 6.92 Å². The van der Waals surface area contributed by atoms with Gasteiger partial charge in [0.15, 0.2) is 0 Å². The van der Waals surface area contributed by atoms with Crippen LogP contribution in [0, 0.1) is 0 Å². The van der Waals surface area contributed by atoms with Crippen LogP contribution >= 0.6 is 11.8 Å². The maximum Gasteiger partial charge on any atom is 0.293 e. The van der Waals surface area contributed by atoms with Crippen LogP contribution < -0.4 is 9.47 Å². The summed E-state index contributed by atoms with van der Waals surface area (Å²) in [5.74, 6) is 1.06. The summed E-state index contributed by atoms with van der Waals surface area (Å²) in [4.78, 5) is 26.2. The van der Waals surface area contributed by atoms with Crippen LogP contribution in [0.15, 0.2) is 23.1 Å². The second-order valence-electron chi connectivity index (χ2n) is 5.15. The number of unbranched alkanes of at least 4 members (excludes halogenated alkanes) is 2. The van der Waals surface area contributed by atoms with Crippen LogP contribution in [0.25, 0.3) is 6.08 Å². The first-order valence-corrected chi connectivity index (χ1v) is 8.39. The van der Waals surface area contributed by atoms with Crippen LogP contribution in [-0.4, -0.2) is 36.8 Å². The maximum absolute atomic E-state index is 12.4. The van der Waals surface area contributed by atoms with E-state index in [0.29, 0.717) is 28.5 Å². The van der Waals surface area contributed by atoms with Gasteiger partial charge in [0.25, 0.3) is 11.1 Å². The highest BCUT2D eigenvalue weighted by Crippen LogP contribution is 2.35. The summed E-state index contributed by atoms with van der Waals surface area (Å²) in [6, 6.07) is 5.34. The molecule has 0 spiro atoms. The van der Waals surface area contributed by atoms with Crippen molar-refractivity contribution < 1.29 is 19.1 Å². The number of hydrogen-bond donors (Lipinski definition) is 0. The number of thioether (sulfide) groups is 1. The van der Waals surface area contributed by atoms with E-state index in [4.69, 9.17) is 9.47 Å². The van der Waals surface area contributed by atoms with E-state index in [9.17, 15) is 9.59 Å². The summed E-state index contributed by atoms with van der Waals surface area (Å²) < 4.78 is 10.5. The van der Waals surface area contributed by atoms with Gasteiger partial charge >= 0.3 is 0 Å². The fourth-order valence-electron chi connectivity index (χ4n) is 2.31. The molecule has 0 aliphatic carbocycles. The largest absolute Gasteiger partial charge is 0.497 e. The number of hydrogen-bond acceptors (Lipinski definition) is 5. The molecule has 0 bridgehead atoms. The van der Waals surface area contributed by atoms with Crippen molar-refractivity contribution in [2.45, 2.75) is 26.2 Å². The number of amides is 2. The molecule has 0 aromatic heterocycles. The lowest BCUT2D eigenvalue weighted by molar-refractivity contribution is -0.122. The highest BCUT2D eigenvalue weighted by molar-refractivity contribution is 8.18. The van der Waals surface area contributed by atoms with Crippen molar-refractivity contribution in [2.75, 3.05) is 20.8 Å². The van der Waals surface area contributed by atoms with Crippen LogP contribution in [0.5, 0.6) is 11.5 Å². The predicted octanol–water partition coefficient (Wildman–Crippen LogP) is 3.93. The number of benzene rings is 1. The van der Waals surface area contributed by atoms with E-state index in [1.165, 1.54) is 4.90 Å². The molecule has 0 saturated carbocycles. The summed E-state index contributed by atoms with van der Waals surface area (Å²) in [5, 5.41) is -0.209. The molecular weight excluding hydrogens is 314 g/mol. The van der Waals surface area contributed by atoms with Crippen LogP contribution in [0.2, 0.25) is 0 Å². The Morgan fingerprint density at radius 3 is 2.61 bits per heavy atom. The van der Waals surface area contributed by atoms with Crippen molar-refractivity contribution in [1.29, 1.82) is 0 Å². The number of nitrogens with zero attached hydrogens (tertiary/aromatic N) is 1. The minimum atomic E-state index is -0.235. The molecule has 1 fully saturated rings. The zero-order chi connectivity index (χ0) is 16.8. The van der Waals surface area contributed by atoms with E-state index < -0.39 is 0 Å². The summed E-state index contributed by atoms with van der Waals surface area (Å²) in [7, 11) is 3.14. The topological polar surface area (TPSA) is 55.8 Å². The third-order valence-electron chi connectivity index (χ3n) is 3.58. The molecule has 0 unspecified atom stereocenters. The predicted molar refractivity (Wildman–Crippen MR) is 91.7 cm³/mol. The van der Waals surface area contributed by atoms with Gasteiger partial charge in [0, 0.05) is 12.1 Å². The van der Waals surface area contributed by atoms with Gasteiger partial charge in [-0.1, -0.05) is 19.8 Å². The summed E-state index contributed by atoms with van der Waals surface area (Å²) in [5.41, 5.74) is 0.714. The fraction of sp³-hybridized carbons (Fsp3) is 0.412. The average Bonchev–Trinajstić information content (AvgIpc) is 2.82. The van der Waals surface area contributed by atoms with Gasteiger partial charge in [0.2, 0.25) is 0 Å². The van der Waals surface area contributed by atoms with Gasteiger partial charge < -0.3 is 9.47 Å². The number of rotatable bonds is 7. The Morgan fingerprint density at radius 2 is 1.96 bits per heavy atom. The number of carbonyl (C=O) groups excluding carboxylic acids is 2. The van der Waals surface area contributed by atoms with E-state index in [1.807, 2.05) is 0 Å². The number of methoxy groups -OCH3 is 2. The van der Waals surface area contributed by atoms with Gasteiger partial charge in [0.05, 0.1) is 19.1 Å². The molecule has 5 nitrogen and oxygen atoms in total. The summed E-state index contributed by atoms with van der Waals surface area (Å²) in [6.07, 6.45) is 4.58. The molecule has 1 aliphatic heterocycles. The van der Waals surface area contributed by atoms with E-state index in [0.717, 1.165) is 31.0 Å². The first kappa shape index (κ1) is 17.4. The van der Waals surface area contributed by atoms with Gasteiger partial charge in [-0.3, -0.25) is 14.5 Å². The Balaban J connectivity index is 2.23. The summed E-state index contributed by atoms with van der Waals surface area (Å²) in [6.45, 7) is 2.56. The second kappa shape index (κ2) is 8.06. The highest BCUT2D eigenvalue weighted by Gasteiger charge is 2.34. The maximum atomic E-state index is 12.4. The Hall–Kier alpha value is -1.95. The molecule has 1 heterocycles. The van der Waals surface area contributed by atoms with Crippen molar-refractivity contribution in [2.24, 2.45) is 0 Å². The Labute approximate surface area is 140 Å². The highest BCUT2D eigenvalue weighted by atomic mass is 32.2. The molecule has 1 aromatic rings. The molecule has 0 radical (unpaired) electrons. The van der Waals surface area contributed by atoms with Gasteiger partial charge in [-0.25, -0.2) is 0 Å². The van der Waals surface area contributed by atoms with Crippen molar-refractivity contribution in [3.8, 4) is 11.5 Å². The lowest BCUT2D eigenvalue weighted by Gasteiger charge is -2.11. The molecule has 0 atom stereocenters. The van der Waals surface area contributed by atoms with Crippen LogP contribution in [0.1, 0.15) is 31.7 Å². The molecule has 2 amide bonds. The van der Waals surface area contributed by atoms with Crippen LogP contribution in [0.3, 0.4) is 0 Å². The molecular formula is C17H21NO4S. The normalized spacial score (nSPS) is 16.3. The zero-order valence-electron chi connectivity index (χ0n) is 13.6. The Kier molecular flexibility index (Phi) is 6.10. The minimum Gasteiger partial charge on any atom is -0.497 e. The van der Waals surface area contributed by atoms with Gasteiger partial charge in [-0.15, -0.1) is 0 Å². The third kappa shape index (κ3) is 4.07. The number of carbonyl (C=O) groups is 2. The molecule has 1 saturated heterocycles. The fourth-order valence-corrected chi connectivity index (χ4v) is 3.16. The molecule has 23 heavy (non-hydrogen) atoms. The van der Waals surface area contributed by atoms with Crippen molar-refractivity contribution >= 4 is 29.0 Å². The first-order chi connectivity index (χ1) is 11.1. The molecule has 1 aliphatic rings. The van der Waals surface area contributed by atoms with Crippen molar-refractivity contribution in [3.05, 3.63) is 28.7 Å². The minimum absolute atomic E-state index is 0.209. The average molecular weight is 335 g/mol. The Morgan fingerprint density at radius 1 is 1.17 bits per heavy atom. The van der Waals surface area contributed by atoms with Gasteiger partial charge in [-0.2, -0.15) is 0 Å². The van der Waals surface area contributed by atoms with Crippen LogP contribution in [0.4, 0.5) is 4.79 Å². The lowest BCUT2D eigenvalue weighted by Crippen LogP contribution is -2.29. The zero-order valence-corrected chi connectivity index (χ0v) is 14.4. The molecule has 6 heteroatoms. The van der Waals surface area contributed by atoms with Gasteiger partial charge in [-0.05, 0) is 42.5 Å². The smallest absolute Gasteiger partial charge is 0.293 e. The quantitative estimate of drug-likeness (QED) is 0.558. The van der Waals surface area contributed by atoms with Crippen molar-refractivity contribution in [1.82, 2.24) is 4.90 Å². The lowest BCUT2D eigenvalue weighted by atomic mass is 10.1. The third-order valence-corrected chi connectivity index (χ3v) is 4.49. The van der Waals surface area contributed by atoms with Crippen molar-refractivity contribution in [3.63, 3.8) is 0 Å². The standard InChI is InChI=1S/C17H21NO4S/c1-4-5-6-9-18-16(19)15(23-17(18)20)11-12-10-13(21-2)7-8-14(12)22-3/h7-8,10-11H,4-6,9H2,1-3H3/b15-11-. The SMILES string of the molecule is CCCCCN1C(=O)S/C(=C\c2cc(OC)ccc2OC)C1=O. The van der Waals surface area contributed by atoms with E-state index in [1.54, 1.807) is 38.5 Å². The monoisotopic (exact) mass is 335 g/mol. The molecule has 1 aromatic carbocycles. The van der Waals surface area contributed by atoms with Gasteiger partial charge in [0.1, 0.15) is 11.5 Å². The first-order valence-electron chi connectivity index (χ1n) is 7.58. The summed E-state index contributed by atoms with van der Waals surface area (Å²) >= 11 is 0.969. The molecule has 124 valence electrons. The van der Waals surface area contributed by atoms with Crippen LogP contribution in [-0.2, 0) is 4.79 Å². The number of imide groups is 1. The van der Waals surface area contributed by atoms with E-state index >= 15 is 0 Å². The number of ether oxygens (including phenoxy) is 2.